The maximum Gasteiger partial charge on any atom is 0.328 e. The van der Waals surface area contributed by atoms with Gasteiger partial charge in [-0.3, -0.25) is 15.0 Å². The average Bonchev–Trinajstić information content (AvgIpc) is 2.71. The molecule has 18 heavy (non-hydrogen) atoms. The lowest BCUT2D eigenvalue weighted by Crippen LogP contribution is -2.49. The van der Waals surface area contributed by atoms with Gasteiger partial charge in [-0.05, 0) is 12.1 Å². The van der Waals surface area contributed by atoms with E-state index in [0.717, 1.165) is 11.0 Å². The van der Waals surface area contributed by atoms with Crippen molar-refractivity contribution in [1.82, 2.24) is 14.9 Å². The zero-order valence-electron chi connectivity index (χ0n) is 9.88. The van der Waals surface area contributed by atoms with E-state index in [2.05, 4.69) is 10.3 Å². The van der Waals surface area contributed by atoms with Crippen molar-refractivity contribution in [2.75, 3.05) is 11.4 Å². The molecule has 2 aromatic rings. The summed E-state index contributed by atoms with van der Waals surface area (Å²) < 4.78 is 1.92. The summed E-state index contributed by atoms with van der Waals surface area (Å²) in [7, 11) is 1.92. The molecule has 0 atom stereocenters. The van der Waals surface area contributed by atoms with Crippen molar-refractivity contribution >= 4 is 28.7 Å². The number of carbonyl (C=O) groups excluding carboxylic acids is 2. The molecule has 6 nitrogen and oxygen atoms in total. The third-order valence-corrected chi connectivity index (χ3v) is 3.06. The molecule has 1 saturated heterocycles. The molecular formula is C12H12N4O2. The van der Waals surface area contributed by atoms with Crippen LogP contribution in [0.15, 0.2) is 24.5 Å². The maximum absolute atomic E-state index is 11.7. The number of carbonyl (C=O) groups is 2. The van der Waals surface area contributed by atoms with Crippen molar-refractivity contribution < 1.29 is 9.59 Å². The zero-order valence-corrected chi connectivity index (χ0v) is 9.88. The Morgan fingerprint density at radius 2 is 2.22 bits per heavy atom. The third-order valence-electron chi connectivity index (χ3n) is 3.06. The van der Waals surface area contributed by atoms with Gasteiger partial charge in [-0.1, -0.05) is 0 Å². The molecule has 3 amide bonds. The first kappa shape index (κ1) is 10.8. The van der Waals surface area contributed by atoms with Crippen molar-refractivity contribution in [3.63, 3.8) is 0 Å². The van der Waals surface area contributed by atoms with Gasteiger partial charge >= 0.3 is 6.03 Å². The van der Waals surface area contributed by atoms with Gasteiger partial charge < -0.3 is 4.57 Å². The second kappa shape index (κ2) is 3.83. The van der Waals surface area contributed by atoms with Gasteiger partial charge in [0.15, 0.2) is 0 Å². The lowest BCUT2D eigenvalue weighted by molar-refractivity contribution is -0.120. The highest BCUT2D eigenvalue weighted by Gasteiger charge is 2.24. The molecule has 0 bridgehead atoms. The minimum absolute atomic E-state index is 0.231. The monoisotopic (exact) mass is 244 g/mol. The molecule has 3 rings (SSSR count). The summed E-state index contributed by atoms with van der Waals surface area (Å²) in [6.45, 7) is 0.394. The molecule has 1 fully saturated rings. The number of fused-ring (bicyclic) bond motifs is 1. The molecule has 6 heteroatoms. The molecule has 2 aromatic heterocycles. The van der Waals surface area contributed by atoms with E-state index in [-0.39, 0.29) is 11.9 Å². The Labute approximate surface area is 103 Å². The Balaban J connectivity index is 1.99. The minimum atomic E-state index is -0.386. The van der Waals surface area contributed by atoms with Crippen LogP contribution >= 0.6 is 0 Å². The first-order chi connectivity index (χ1) is 8.65. The molecule has 0 unspecified atom stereocenters. The van der Waals surface area contributed by atoms with Gasteiger partial charge in [0.25, 0.3) is 0 Å². The van der Waals surface area contributed by atoms with Crippen LogP contribution in [0.3, 0.4) is 0 Å². The Morgan fingerprint density at radius 1 is 1.39 bits per heavy atom. The Bertz CT molecular complexity index is 647. The fraction of sp³-hybridized carbons (Fsp3) is 0.250. The van der Waals surface area contributed by atoms with E-state index in [1.807, 2.05) is 29.9 Å². The second-order valence-electron chi connectivity index (χ2n) is 4.29. The van der Waals surface area contributed by atoms with Gasteiger partial charge in [-0.25, -0.2) is 9.78 Å². The van der Waals surface area contributed by atoms with Crippen molar-refractivity contribution in [2.45, 2.75) is 6.42 Å². The highest BCUT2D eigenvalue weighted by atomic mass is 16.2. The molecule has 0 radical (unpaired) electrons. The van der Waals surface area contributed by atoms with Crippen molar-refractivity contribution in [3.8, 4) is 0 Å². The van der Waals surface area contributed by atoms with Crippen LogP contribution in [0.25, 0.3) is 11.0 Å². The summed E-state index contributed by atoms with van der Waals surface area (Å²) in [6.07, 6.45) is 3.89. The van der Waals surface area contributed by atoms with Crippen LogP contribution in [0.5, 0.6) is 0 Å². The van der Waals surface area contributed by atoms with Gasteiger partial charge in [0.05, 0.1) is 11.9 Å². The van der Waals surface area contributed by atoms with E-state index in [4.69, 9.17) is 0 Å². The van der Waals surface area contributed by atoms with Crippen LogP contribution in [-0.2, 0) is 11.8 Å². The predicted octanol–water partition coefficient (Wildman–Crippen LogP) is 1.02. The standard InChI is InChI=1S/C12H12N4O2/c1-15-4-2-8-6-9(7-13-11(8)15)16-5-3-10(17)14-12(16)18/h2,4,6-7H,3,5H2,1H3,(H,14,17,18). The van der Waals surface area contributed by atoms with Crippen LogP contribution in [-0.4, -0.2) is 28.0 Å². The van der Waals surface area contributed by atoms with Crippen LogP contribution in [0.4, 0.5) is 10.5 Å². The van der Waals surface area contributed by atoms with E-state index in [1.165, 1.54) is 4.90 Å². The van der Waals surface area contributed by atoms with Gasteiger partial charge in [-0.15, -0.1) is 0 Å². The van der Waals surface area contributed by atoms with Crippen LogP contribution in [0, 0.1) is 0 Å². The SMILES string of the molecule is Cn1ccc2cc(N3CCC(=O)NC3=O)cnc21. The summed E-state index contributed by atoms with van der Waals surface area (Å²) >= 11 is 0. The van der Waals surface area contributed by atoms with Crippen LogP contribution in [0.1, 0.15) is 6.42 Å². The first-order valence-electron chi connectivity index (χ1n) is 5.67. The van der Waals surface area contributed by atoms with Crippen molar-refractivity contribution in [1.29, 1.82) is 0 Å². The van der Waals surface area contributed by atoms with Gasteiger partial charge in [0, 0.05) is 31.6 Å². The summed E-state index contributed by atoms with van der Waals surface area (Å²) in [5, 5.41) is 3.27. The number of anilines is 1. The molecule has 0 spiro atoms. The van der Waals surface area contributed by atoms with Gasteiger partial charge in [0.2, 0.25) is 5.91 Å². The van der Waals surface area contributed by atoms with E-state index in [1.54, 1.807) is 6.20 Å². The molecular weight excluding hydrogens is 232 g/mol. The van der Waals surface area contributed by atoms with E-state index >= 15 is 0 Å². The smallest absolute Gasteiger partial charge is 0.328 e. The number of rotatable bonds is 1. The minimum Gasteiger partial charge on any atom is -0.336 e. The molecule has 1 N–H and O–H groups in total. The number of pyridine rings is 1. The largest absolute Gasteiger partial charge is 0.336 e. The number of imide groups is 1. The highest BCUT2D eigenvalue weighted by Crippen LogP contribution is 2.21. The zero-order chi connectivity index (χ0) is 12.7. The Morgan fingerprint density at radius 3 is 3.00 bits per heavy atom. The quantitative estimate of drug-likeness (QED) is 0.814. The third kappa shape index (κ3) is 1.62. The maximum atomic E-state index is 11.7. The highest BCUT2D eigenvalue weighted by molar-refractivity contribution is 6.06. The molecule has 92 valence electrons. The molecule has 1 aliphatic rings. The average molecular weight is 244 g/mol. The number of urea groups is 1. The van der Waals surface area contributed by atoms with E-state index in [0.29, 0.717) is 18.7 Å². The summed E-state index contributed by atoms with van der Waals surface area (Å²) in [5.74, 6) is -0.231. The number of aryl methyl sites for hydroxylation is 1. The van der Waals surface area contributed by atoms with Gasteiger partial charge in [0.1, 0.15) is 5.65 Å². The molecule has 0 aliphatic carbocycles. The lowest BCUT2D eigenvalue weighted by atomic mass is 10.2. The number of aromatic nitrogens is 2. The number of hydrogen-bond donors (Lipinski definition) is 1. The van der Waals surface area contributed by atoms with E-state index in [9.17, 15) is 9.59 Å². The fourth-order valence-electron chi connectivity index (χ4n) is 2.10. The molecule has 1 aliphatic heterocycles. The fourth-order valence-corrected chi connectivity index (χ4v) is 2.10. The number of nitrogens with zero attached hydrogens (tertiary/aromatic N) is 3. The first-order valence-corrected chi connectivity index (χ1v) is 5.67. The topological polar surface area (TPSA) is 67.2 Å². The molecule has 3 heterocycles. The predicted molar refractivity (Wildman–Crippen MR) is 66.2 cm³/mol. The van der Waals surface area contributed by atoms with Gasteiger partial charge in [-0.2, -0.15) is 0 Å². The summed E-state index contributed by atoms with van der Waals surface area (Å²) in [4.78, 5) is 28.7. The Kier molecular flexibility index (Phi) is 2.29. The van der Waals surface area contributed by atoms with Crippen molar-refractivity contribution in [3.05, 3.63) is 24.5 Å². The number of hydrogen-bond acceptors (Lipinski definition) is 3. The van der Waals surface area contributed by atoms with Crippen molar-refractivity contribution in [2.24, 2.45) is 7.05 Å². The Hall–Kier alpha value is -2.37. The van der Waals surface area contributed by atoms with Crippen LogP contribution in [0.2, 0.25) is 0 Å². The summed E-state index contributed by atoms with van der Waals surface area (Å²) in [6, 6.07) is 3.46. The normalized spacial score (nSPS) is 16.2. The number of amides is 3. The van der Waals surface area contributed by atoms with E-state index < -0.39 is 0 Å². The molecule has 0 aromatic carbocycles. The van der Waals surface area contributed by atoms with Crippen LogP contribution < -0.4 is 10.2 Å². The lowest BCUT2D eigenvalue weighted by Gasteiger charge is -2.26. The number of nitrogens with one attached hydrogen (secondary N) is 1. The second-order valence-corrected chi connectivity index (χ2v) is 4.29. The molecule has 0 saturated carbocycles. The summed E-state index contributed by atoms with van der Waals surface area (Å²) in [5.41, 5.74) is 1.57.